The van der Waals surface area contributed by atoms with Crippen LogP contribution in [0.5, 0.6) is 0 Å². The average molecular weight is 518 g/mol. The molecule has 1 atom stereocenters. The summed E-state index contributed by atoms with van der Waals surface area (Å²) in [5, 5.41) is 8.14. The smallest absolute Gasteiger partial charge is 0.310 e. The first-order valence-electron chi connectivity index (χ1n) is 8.57. The first kappa shape index (κ1) is 24.7. The van der Waals surface area contributed by atoms with Crippen LogP contribution in [0.2, 0.25) is 0 Å². The predicted octanol–water partition coefficient (Wildman–Crippen LogP) is 5.90. The molecule has 5 nitrogen and oxygen atoms in total. The van der Waals surface area contributed by atoms with E-state index in [2.05, 4.69) is 15.3 Å². The molecule has 3 rings (SSSR count). The third-order valence-corrected chi connectivity index (χ3v) is 5.80. The Morgan fingerprint density at radius 3 is 2.24 bits per heavy atom. The maximum atomic E-state index is 14.1. The first-order valence-corrected chi connectivity index (χ1v) is 12.6. The zero-order valence-corrected chi connectivity index (χ0v) is 18.0. The van der Waals surface area contributed by atoms with Crippen molar-refractivity contribution in [1.29, 1.82) is 0 Å². The van der Waals surface area contributed by atoms with E-state index in [4.69, 9.17) is 5.14 Å². The van der Waals surface area contributed by atoms with Crippen LogP contribution >= 0.6 is 10.2 Å². The fourth-order valence-corrected chi connectivity index (χ4v) is 4.07. The van der Waals surface area contributed by atoms with Gasteiger partial charge in [0, 0.05) is 38.6 Å². The zero-order chi connectivity index (χ0) is 24.9. The number of nitrogens with zero attached hydrogens (tertiary/aromatic N) is 2. The predicted molar refractivity (Wildman–Crippen MR) is 112 cm³/mol. The van der Waals surface area contributed by atoms with Gasteiger partial charge >= 0.3 is 10.2 Å². The van der Waals surface area contributed by atoms with Crippen LogP contribution in [-0.2, 0) is 9.71 Å². The normalized spacial score (nSPS) is 15.8. The molecule has 3 N–H and O–H groups in total. The molecule has 33 heavy (non-hydrogen) atoms. The van der Waals surface area contributed by atoms with Crippen LogP contribution in [0.4, 0.5) is 44.2 Å². The van der Waals surface area contributed by atoms with Crippen molar-refractivity contribution in [2.24, 2.45) is 5.14 Å². The largest absolute Gasteiger partial charge is 0.324 e. The van der Waals surface area contributed by atoms with Crippen LogP contribution in [0, 0.1) is 17.5 Å². The van der Waals surface area contributed by atoms with E-state index in [1.54, 1.807) is 0 Å². The van der Waals surface area contributed by atoms with Gasteiger partial charge in [-0.2, -0.15) is 0 Å². The van der Waals surface area contributed by atoms with E-state index in [0.29, 0.717) is 17.6 Å². The second-order valence-electron chi connectivity index (χ2n) is 6.98. The van der Waals surface area contributed by atoms with Gasteiger partial charge in [-0.3, -0.25) is 9.35 Å². The van der Waals surface area contributed by atoms with Crippen molar-refractivity contribution >= 4 is 36.9 Å². The van der Waals surface area contributed by atoms with E-state index in [-0.39, 0.29) is 12.1 Å². The van der Waals surface area contributed by atoms with Crippen LogP contribution < -0.4 is 10.5 Å². The lowest BCUT2D eigenvalue weighted by atomic mass is 10.1. The molecule has 2 aromatic carbocycles. The molecule has 0 spiro atoms. The van der Waals surface area contributed by atoms with Crippen molar-refractivity contribution in [3.05, 3.63) is 65.6 Å². The maximum absolute atomic E-state index is 14.1. The Morgan fingerprint density at radius 1 is 1.00 bits per heavy atom. The third-order valence-electron chi connectivity index (χ3n) is 3.93. The SMILES string of the molecule is CS(N)(=O)=Cc1cc(Nc2ncc(F)c(-c3ccc(F)cc3F)n2)cc(S(F)(F)(F)(F)F)c1. The number of halogens is 8. The standard InChI is InChI=1S/C18H14F8N4OS2/c1-32(27,31)9-10-4-12(7-13(5-10)33(22,23,24,25)26)29-18-28-8-16(21)17(30-18)14-3-2-11(19)6-15(14)20/h2-9H,1H3,(H2,27,31)(H,28,29,30). The molecule has 0 fully saturated rings. The number of nitrogens with two attached hydrogens (primary N) is 1. The Balaban J connectivity index is 2.13. The lowest BCUT2D eigenvalue weighted by molar-refractivity contribution is 0.364. The summed E-state index contributed by atoms with van der Waals surface area (Å²) in [5.41, 5.74) is -2.33. The van der Waals surface area contributed by atoms with Crippen molar-refractivity contribution in [3.63, 3.8) is 0 Å². The number of benzene rings is 2. The van der Waals surface area contributed by atoms with Gasteiger partial charge in [0.15, 0.2) is 5.82 Å². The highest BCUT2D eigenvalue weighted by Gasteiger charge is 2.65. The molecule has 1 aromatic heterocycles. The summed E-state index contributed by atoms with van der Waals surface area (Å²) in [7, 11) is -13.5. The molecule has 0 aliphatic rings. The number of rotatable bonds is 5. The number of hydrogen-bond donors (Lipinski definition) is 2. The van der Waals surface area contributed by atoms with Crippen LogP contribution in [0.15, 0.2) is 47.5 Å². The van der Waals surface area contributed by atoms with E-state index in [1.807, 2.05) is 0 Å². The molecule has 0 saturated carbocycles. The van der Waals surface area contributed by atoms with Crippen molar-refractivity contribution in [1.82, 2.24) is 9.97 Å². The van der Waals surface area contributed by atoms with Crippen LogP contribution in [-0.4, -0.2) is 25.8 Å². The Hall–Kier alpha value is -2.91. The third kappa shape index (κ3) is 6.33. The second kappa shape index (κ2) is 7.30. The molecule has 1 unspecified atom stereocenters. The number of nitrogens with one attached hydrogen (secondary N) is 1. The van der Waals surface area contributed by atoms with Crippen LogP contribution in [0.3, 0.4) is 0 Å². The highest BCUT2D eigenvalue weighted by Crippen LogP contribution is 3.02. The van der Waals surface area contributed by atoms with Gasteiger partial charge in [0.1, 0.15) is 22.2 Å². The van der Waals surface area contributed by atoms with E-state index in [1.165, 1.54) is 0 Å². The lowest BCUT2D eigenvalue weighted by Gasteiger charge is -2.40. The minimum atomic E-state index is -10.2. The van der Waals surface area contributed by atoms with Gasteiger partial charge in [0.2, 0.25) is 5.95 Å². The van der Waals surface area contributed by atoms with Gasteiger partial charge in [-0.25, -0.2) is 23.1 Å². The minimum absolute atomic E-state index is 0.0533. The summed E-state index contributed by atoms with van der Waals surface area (Å²) >= 11 is 0. The summed E-state index contributed by atoms with van der Waals surface area (Å²) < 4.78 is 120. The van der Waals surface area contributed by atoms with Crippen LogP contribution in [0.1, 0.15) is 5.56 Å². The van der Waals surface area contributed by atoms with E-state index >= 15 is 0 Å². The second-order valence-corrected chi connectivity index (χ2v) is 11.6. The summed E-state index contributed by atoms with van der Waals surface area (Å²) in [6, 6.07) is 3.18. The molecule has 1 heterocycles. The summed E-state index contributed by atoms with van der Waals surface area (Å²) in [5.74, 6) is -3.87. The molecule has 0 amide bonds. The Bertz CT molecular complexity index is 1380. The molecular formula is C18H14F8N4OS2. The molecule has 3 aromatic rings. The van der Waals surface area contributed by atoms with Gasteiger partial charge < -0.3 is 5.32 Å². The lowest BCUT2D eigenvalue weighted by Crippen LogP contribution is -2.14. The van der Waals surface area contributed by atoms with Gasteiger partial charge in [0.25, 0.3) is 0 Å². The molecule has 15 heteroatoms. The van der Waals surface area contributed by atoms with Crippen molar-refractivity contribution in [3.8, 4) is 11.3 Å². The van der Waals surface area contributed by atoms with E-state index in [0.717, 1.165) is 24.5 Å². The number of hydrogen-bond acceptors (Lipinski definition) is 4. The van der Waals surface area contributed by atoms with E-state index < -0.39 is 70.7 Å². The van der Waals surface area contributed by atoms with Gasteiger partial charge in [-0.05, 0) is 35.9 Å². The van der Waals surface area contributed by atoms with Gasteiger partial charge in [-0.15, -0.1) is 0 Å². The fourth-order valence-electron chi connectivity index (χ4n) is 2.68. The Labute approximate surface area is 182 Å². The summed E-state index contributed by atoms with van der Waals surface area (Å²) in [6.45, 7) is 0. The number of aromatic nitrogens is 2. The summed E-state index contributed by atoms with van der Waals surface area (Å²) in [4.78, 5) is 4.82. The maximum Gasteiger partial charge on any atom is 0.310 e. The minimum Gasteiger partial charge on any atom is -0.324 e. The molecule has 180 valence electrons. The Morgan fingerprint density at radius 2 is 1.67 bits per heavy atom. The highest BCUT2D eigenvalue weighted by atomic mass is 32.5. The first-order chi connectivity index (χ1) is 14.8. The van der Waals surface area contributed by atoms with Crippen LogP contribution in [0.25, 0.3) is 11.3 Å². The zero-order valence-electron chi connectivity index (χ0n) is 16.3. The quantitative estimate of drug-likeness (QED) is 0.326. The summed E-state index contributed by atoms with van der Waals surface area (Å²) in [6.07, 6.45) is 1.52. The van der Waals surface area contributed by atoms with E-state index in [9.17, 15) is 36.8 Å². The highest BCUT2D eigenvalue weighted by molar-refractivity contribution is 8.45. The van der Waals surface area contributed by atoms with Gasteiger partial charge in [-0.1, -0.05) is 19.4 Å². The fraction of sp³-hybridized carbons (Fsp3) is 0.0556. The van der Waals surface area contributed by atoms with Crippen molar-refractivity contribution < 1.29 is 36.8 Å². The monoisotopic (exact) mass is 518 g/mol. The molecular weight excluding hydrogens is 504 g/mol. The topological polar surface area (TPSA) is 80.9 Å². The molecule has 0 aliphatic carbocycles. The molecule has 0 aliphatic heterocycles. The molecule has 0 saturated heterocycles. The Kier molecular flexibility index (Phi) is 5.47. The molecule has 0 radical (unpaired) electrons. The average Bonchev–Trinajstić information content (AvgIpc) is 2.60. The number of anilines is 2. The van der Waals surface area contributed by atoms with Gasteiger partial charge in [0.05, 0.1) is 6.20 Å². The van der Waals surface area contributed by atoms with Crippen molar-refractivity contribution in [2.75, 3.05) is 11.6 Å². The molecule has 0 bridgehead atoms. The van der Waals surface area contributed by atoms with Crippen molar-refractivity contribution in [2.45, 2.75) is 4.90 Å².